The molecule has 0 heterocycles. The fourth-order valence-corrected chi connectivity index (χ4v) is 2.65. The third-order valence-electron chi connectivity index (χ3n) is 3.37. The van der Waals surface area contributed by atoms with Crippen LogP contribution in [0.4, 0.5) is 0 Å². The molecule has 0 aliphatic heterocycles. The maximum Gasteiger partial charge on any atom is 0.336 e. The topological polar surface area (TPSA) is 46.5 Å². The number of hydrogen-bond donors (Lipinski definition) is 1. The van der Waals surface area contributed by atoms with Gasteiger partial charge in [0.15, 0.2) is 0 Å². The van der Waals surface area contributed by atoms with Gasteiger partial charge in [-0.2, -0.15) is 0 Å². The minimum absolute atomic E-state index is 0.0761. The predicted molar refractivity (Wildman–Crippen MR) is 62.8 cm³/mol. The van der Waals surface area contributed by atoms with Gasteiger partial charge < -0.3 is 9.84 Å². The molecule has 0 bridgehead atoms. The summed E-state index contributed by atoms with van der Waals surface area (Å²) < 4.78 is 4.71. The van der Waals surface area contributed by atoms with E-state index in [1.807, 2.05) is 0 Å². The number of methoxy groups -OCH3 is 1. The Morgan fingerprint density at radius 1 is 1.62 bits per heavy atom. The second-order valence-electron chi connectivity index (χ2n) is 4.51. The van der Waals surface area contributed by atoms with Gasteiger partial charge in [0.25, 0.3) is 0 Å². The number of aliphatic hydroxyl groups is 1. The lowest BCUT2D eigenvalue weighted by atomic mass is 9.83. The summed E-state index contributed by atoms with van der Waals surface area (Å²) in [5.41, 5.74) is -0.757. The molecule has 1 rings (SSSR count). The zero-order valence-corrected chi connectivity index (χ0v) is 10.2. The first kappa shape index (κ1) is 13.0. The van der Waals surface area contributed by atoms with E-state index in [0.29, 0.717) is 17.9 Å². The molecule has 90 valence electrons. The summed E-state index contributed by atoms with van der Waals surface area (Å²) in [6.45, 7) is 7.55. The van der Waals surface area contributed by atoms with Crippen molar-refractivity contribution in [3.05, 3.63) is 24.3 Å². The van der Waals surface area contributed by atoms with Gasteiger partial charge in [-0.15, -0.1) is 6.58 Å². The van der Waals surface area contributed by atoms with Gasteiger partial charge in [-0.3, -0.25) is 0 Å². The van der Waals surface area contributed by atoms with E-state index >= 15 is 0 Å². The van der Waals surface area contributed by atoms with Crippen molar-refractivity contribution < 1.29 is 14.6 Å². The lowest BCUT2D eigenvalue weighted by molar-refractivity contribution is -0.139. The number of ether oxygens (including phenoxy) is 1. The molecule has 1 saturated carbocycles. The normalized spacial score (nSPS) is 34.9. The van der Waals surface area contributed by atoms with Crippen molar-refractivity contribution in [3.63, 3.8) is 0 Å². The van der Waals surface area contributed by atoms with Gasteiger partial charge in [-0.25, -0.2) is 4.79 Å². The summed E-state index contributed by atoms with van der Waals surface area (Å²) in [7, 11) is 1.33. The van der Waals surface area contributed by atoms with E-state index in [-0.39, 0.29) is 5.92 Å². The third kappa shape index (κ3) is 2.05. The molecule has 0 radical (unpaired) electrons. The van der Waals surface area contributed by atoms with E-state index in [9.17, 15) is 9.90 Å². The highest BCUT2D eigenvalue weighted by Crippen LogP contribution is 2.44. The van der Waals surface area contributed by atoms with Crippen LogP contribution in [0.1, 0.15) is 26.7 Å². The molecule has 1 N–H and O–H groups in total. The first-order valence-corrected chi connectivity index (χ1v) is 5.59. The summed E-state index contributed by atoms with van der Waals surface area (Å²) in [4.78, 5) is 11.6. The molecule has 3 heteroatoms. The number of hydrogen-bond acceptors (Lipinski definition) is 3. The van der Waals surface area contributed by atoms with Crippen LogP contribution in [0.15, 0.2) is 24.3 Å². The van der Waals surface area contributed by atoms with Crippen LogP contribution in [-0.4, -0.2) is 23.8 Å². The summed E-state index contributed by atoms with van der Waals surface area (Å²) in [6.07, 6.45) is 4.81. The molecule has 1 fully saturated rings. The number of carbonyl (C=O) groups is 1. The predicted octanol–water partition coefficient (Wildman–Crippen LogP) is 2.07. The lowest BCUT2D eigenvalue weighted by Crippen LogP contribution is -2.38. The van der Waals surface area contributed by atoms with Gasteiger partial charge in [0, 0.05) is 5.92 Å². The molecule has 1 aliphatic rings. The third-order valence-corrected chi connectivity index (χ3v) is 3.37. The summed E-state index contributed by atoms with van der Waals surface area (Å²) >= 11 is 0. The quantitative estimate of drug-likeness (QED) is 0.453. The van der Waals surface area contributed by atoms with Crippen molar-refractivity contribution in [1.29, 1.82) is 0 Å². The monoisotopic (exact) mass is 224 g/mol. The molecule has 0 aromatic carbocycles. The van der Waals surface area contributed by atoms with E-state index < -0.39 is 11.6 Å². The van der Waals surface area contributed by atoms with Gasteiger partial charge in [-0.1, -0.05) is 19.1 Å². The lowest BCUT2D eigenvalue weighted by Gasteiger charge is -2.29. The molecular weight excluding hydrogens is 204 g/mol. The van der Waals surface area contributed by atoms with Crippen LogP contribution in [0.5, 0.6) is 0 Å². The van der Waals surface area contributed by atoms with E-state index in [0.717, 1.165) is 6.42 Å². The van der Waals surface area contributed by atoms with Crippen LogP contribution < -0.4 is 0 Å². The van der Waals surface area contributed by atoms with E-state index in [2.05, 4.69) is 13.5 Å². The number of allylic oxidation sites excluding steroid dienone is 1. The van der Waals surface area contributed by atoms with Crippen molar-refractivity contribution in [2.75, 3.05) is 7.11 Å². The average molecular weight is 224 g/mol. The highest BCUT2D eigenvalue weighted by molar-refractivity contribution is 5.90. The van der Waals surface area contributed by atoms with E-state index in [1.54, 1.807) is 19.1 Å². The fourth-order valence-electron chi connectivity index (χ4n) is 2.65. The molecule has 0 unspecified atom stereocenters. The second-order valence-corrected chi connectivity index (χ2v) is 4.51. The maximum absolute atomic E-state index is 11.6. The van der Waals surface area contributed by atoms with Crippen LogP contribution in [0.2, 0.25) is 0 Å². The van der Waals surface area contributed by atoms with Crippen LogP contribution in [0.3, 0.4) is 0 Å². The van der Waals surface area contributed by atoms with Gasteiger partial charge in [0.1, 0.15) is 5.60 Å². The summed E-state index contributed by atoms with van der Waals surface area (Å²) in [6, 6.07) is 0. The zero-order chi connectivity index (χ0) is 12.3. The molecular formula is C13H20O3. The minimum Gasteiger partial charge on any atom is -0.466 e. The van der Waals surface area contributed by atoms with Crippen LogP contribution in [0, 0.1) is 11.8 Å². The maximum atomic E-state index is 11.6. The highest BCUT2D eigenvalue weighted by Gasteiger charge is 2.47. The second kappa shape index (κ2) is 4.83. The highest BCUT2D eigenvalue weighted by atomic mass is 16.5. The Labute approximate surface area is 96.8 Å². The van der Waals surface area contributed by atoms with E-state index in [1.165, 1.54) is 7.11 Å². The summed E-state index contributed by atoms with van der Waals surface area (Å²) in [5, 5.41) is 10.6. The Kier molecular flexibility index (Phi) is 3.92. The number of rotatable bonds is 3. The van der Waals surface area contributed by atoms with Crippen molar-refractivity contribution in [2.24, 2.45) is 11.8 Å². The number of carbonyl (C=O) groups excluding carboxylic acids is 1. The molecule has 0 aromatic heterocycles. The van der Waals surface area contributed by atoms with Crippen molar-refractivity contribution >= 4 is 5.97 Å². The smallest absolute Gasteiger partial charge is 0.336 e. The molecule has 3 nitrogen and oxygen atoms in total. The van der Waals surface area contributed by atoms with E-state index in [4.69, 9.17) is 4.74 Å². The van der Waals surface area contributed by atoms with Crippen molar-refractivity contribution in [1.82, 2.24) is 0 Å². The van der Waals surface area contributed by atoms with Crippen LogP contribution in [-0.2, 0) is 9.53 Å². The Bertz CT molecular complexity index is 319. The number of esters is 1. The Balaban J connectivity index is 3.07. The van der Waals surface area contributed by atoms with Gasteiger partial charge in [-0.05, 0) is 25.7 Å². The Hall–Kier alpha value is -1.09. The SMILES string of the molecule is C=C[C@@H]1C[C@@H](C)C[C@]1(O)/C(=C/C)C(=O)OC. The minimum atomic E-state index is -1.11. The molecule has 0 aromatic rings. The van der Waals surface area contributed by atoms with Crippen LogP contribution >= 0.6 is 0 Å². The van der Waals surface area contributed by atoms with Crippen molar-refractivity contribution in [3.8, 4) is 0 Å². The molecule has 0 saturated heterocycles. The standard InChI is InChI=1S/C13H20O3/c1-5-10-7-9(3)8-13(10,15)11(6-2)12(14)16-4/h5-6,9-10,15H,1,7-8H2,2-4H3/b11-6+/t9-,10-,13-/m1/s1. The first-order valence-electron chi connectivity index (χ1n) is 5.59. The van der Waals surface area contributed by atoms with Gasteiger partial charge in [0.05, 0.1) is 12.7 Å². The Morgan fingerprint density at radius 2 is 2.25 bits per heavy atom. The Morgan fingerprint density at radius 3 is 2.69 bits per heavy atom. The zero-order valence-electron chi connectivity index (χ0n) is 10.2. The van der Waals surface area contributed by atoms with Crippen LogP contribution in [0.25, 0.3) is 0 Å². The van der Waals surface area contributed by atoms with Gasteiger partial charge in [0.2, 0.25) is 0 Å². The molecule has 0 spiro atoms. The molecule has 16 heavy (non-hydrogen) atoms. The van der Waals surface area contributed by atoms with Crippen molar-refractivity contribution in [2.45, 2.75) is 32.3 Å². The average Bonchev–Trinajstić information content (AvgIpc) is 2.54. The molecule has 1 aliphatic carbocycles. The van der Waals surface area contributed by atoms with Gasteiger partial charge >= 0.3 is 5.97 Å². The molecule has 3 atom stereocenters. The molecule has 0 amide bonds. The first-order chi connectivity index (χ1) is 7.49. The summed E-state index contributed by atoms with van der Waals surface area (Å²) in [5.74, 6) is -0.147. The fraction of sp³-hybridized carbons (Fsp3) is 0.615. The largest absolute Gasteiger partial charge is 0.466 e.